The van der Waals surface area contributed by atoms with Gasteiger partial charge in [0.2, 0.25) is 0 Å². The molecular formula is C20H20N2O2. The van der Waals surface area contributed by atoms with Crippen molar-refractivity contribution in [1.29, 1.82) is 0 Å². The van der Waals surface area contributed by atoms with Crippen molar-refractivity contribution in [2.24, 2.45) is 0 Å². The predicted molar refractivity (Wildman–Crippen MR) is 93.8 cm³/mol. The summed E-state index contributed by atoms with van der Waals surface area (Å²) < 4.78 is 5.35. The summed E-state index contributed by atoms with van der Waals surface area (Å²) in [4.78, 5) is 12.2. The SMILES string of the molecule is COc1ccc(C2NC(=O)NC3=C2CCc2ccccc23)cc1C. The third-order valence-corrected chi connectivity index (χ3v) is 4.89. The lowest BCUT2D eigenvalue weighted by Crippen LogP contribution is -2.44. The second-order valence-electron chi connectivity index (χ2n) is 6.32. The van der Waals surface area contributed by atoms with E-state index in [4.69, 9.17) is 4.74 Å². The number of ether oxygens (including phenoxy) is 1. The Bertz CT molecular complexity index is 854. The number of hydrogen-bond acceptors (Lipinski definition) is 2. The average Bonchev–Trinajstić information content (AvgIpc) is 2.61. The van der Waals surface area contributed by atoms with E-state index in [0.717, 1.165) is 41.0 Å². The first kappa shape index (κ1) is 14.8. The molecule has 2 aliphatic rings. The zero-order valence-corrected chi connectivity index (χ0v) is 13.8. The minimum atomic E-state index is -0.149. The minimum Gasteiger partial charge on any atom is -0.496 e. The van der Waals surface area contributed by atoms with E-state index in [2.05, 4.69) is 34.9 Å². The van der Waals surface area contributed by atoms with E-state index in [1.54, 1.807) is 7.11 Å². The molecule has 24 heavy (non-hydrogen) atoms. The predicted octanol–water partition coefficient (Wildman–Crippen LogP) is 3.72. The van der Waals surface area contributed by atoms with Crippen molar-refractivity contribution < 1.29 is 9.53 Å². The second kappa shape index (κ2) is 5.71. The van der Waals surface area contributed by atoms with Crippen LogP contribution in [-0.2, 0) is 6.42 Å². The van der Waals surface area contributed by atoms with Crippen LogP contribution < -0.4 is 15.4 Å². The number of carbonyl (C=O) groups excluding carboxylic acids is 1. The summed E-state index contributed by atoms with van der Waals surface area (Å²) in [6, 6.07) is 14.2. The molecule has 0 spiro atoms. The number of benzene rings is 2. The van der Waals surface area contributed by atoms with E-state index >= 15 is 0 Å². The Morgan fingerprint density at radius 2 is 1.96 bits per heavy atom. The van der Waals surface area contributed by atoms with Gasteiger partial charge in [-0.1, -0.05) is 30.3 Å². The molecule has 122 valence electrons. The molecule has 4 heteroatoms. The number of methoxy groups -OCH3 is 1. The number of rotatable bonds is 2. The summed E-state index contributed by atoms with van der Waals surface area (Å²) in [5.74, 6) is 0.863. The molecule has 1 unspecified atom stereocenters. The highest BCUT2D eigenvalue weighted by atomic mass is 16.5. The van der Waals surface area contributed by atoms with Gasteiger partial charge < -0.3 is 15.4 Å². The number of amides is 2. The number of hydrogen-bond donors (Lipinski definition) is 2. The van der Waals surface area contributed by atoms with Crippen molar-refractivity contribution in [3.63, 3.8) is 0 Å². The smallest absolute Gasteiger partial charge is 0.319 e. The highest BCUT2D eigenvalue weighted by Crippen LogP contribution is 2.39. The van der Waals surface area contributed by atoms with Gasteiger partial charge in [0.1, 0.15) is 5.75 Å². The summed E-state index contributed by atoms with van der Waals surface area (Å²) >= 11 is 0. The van der Waals surface area contributed by atoms with E-state index in [0.29, 0.717) is 0 Å². The molecule has 1 heterocycles. The standard InChI is InChI=1S/C20H20N2O2/c1-12-11-14(8-10-17(12)24-2)18-16-9-7-13-5-3-4-6-15(13)19(16)22-20(23)21-18/h3-6,8,10-11,18H,7,9H2,1-2H3,(H2,21,22,23). The van der Waals surface area contributed by atoms with Gasteiger partial charge in [-0.15, -0.1) is 0 Å². The molecule has 0 aromatic heterocycles. The minimum absolute atomic E-state index is 0.0910. The zero-order valence-electron chi connectivity index (χ0n) is 13.8. The third-order valence-electron chi connectivity index (χ3n) is 4.89. The van der Waals surface area contributed by atoms with E-state index in [-0.39, 0.29) is 12.1 Å². The molecule has 0 saturated heterocycles. The van der Waals surface area contributed by atoms with Gasteiger partial charge in [-0.2, -0.15) is 0 Å². The fourth-order valence-corrected chi connectivity index (χ4v) is 3.72. The molecule has 0 fully saturated rings. The highest BCUT2D eigenvalue weighted by molar-refractivity contribution is 5.91. The van der Waals surface area contributed by atoms with Crippen molar-refractivity contribution in [3.05, 3.63) is 70.3 Å². The van der Waals surface area contributed by atoms with Gasteiger partial charge >= 0.3 is 6.03 Å². The van der Waals surface area contributed by atoms with Crippen molar-refractivity contribution >= 4 is 11.7 Å². The number of urea groups is 1. The van der Waals surface area contributed by atoms with Crippen LogP contribution >= 0.6 is 0 Å². The molecule has 2 aromatic rings. The molecule has 1 aliphatic heterocycles. The monoisotopic (exact) mass is 320 g/mol. The Hall–Kier alpha value is -2.75. The Morgan fingerprint density at radius 3 is 2.75 bits per heavy atom. The van der Waals surface area contributed by atoms with Crippen LogP contribution in [0.5, 0.6) is 5.75 Å². The Balaban J connectivity index is 1.82. The molecule has 4 rings (SSSR count). The maximum absolute atomic E-state index is 12.2. The third kappa shape index (κ3) is 2.35. The van der Waals surface area contributed by atoms with Gasteiger partial charge in [0.25, 0.3) is 0 Å². The lowest BCUT2D eigenvalue weighted by atomic mass is 9.82. The summed E-state index contributed by atoms with van der Waals surface area (Å²) in [6.45, 7) is 2.02. The molecule has 1 aliphatic carbocycles. The van der Waals surface area contributed by atoms with Crippen LogP contribution in [0.15, 0.2) is 48.0 Å². The first-order chi connectivity index (χ1) is 11.7. The normalized spacial score (nSPS) is 19.1. The van der Waals surface area contributed by atoms with E-state index in [9.17, 15) is 4.79 Å². The largest absolute Gasteiger partial charge is 0.496 e. The Morgan fingerprint density at radius 1 is 1.12 bits per heavy atom. The summed E-state index contributed by atoms with van der Waals surface area (Å²) in [5, 5.41) is 6.09. The van der Waals surface area contributed by atoms with Gasteiger partial charge in [-0.05, 0) is 54.2 Å². The van der Waals surface area contributed by atoms with Crippen molar-refractivity contribution in [2.75, 3.05) is 7.11 Å². The lowest BCUT2D eigenvalue weighted by Gasteiger charge is -2.34. The highest BCUT2D eigenvalue weighted by Gasteiger charge is 2.32. The molecule has 2 amide bonds. The second-order valence-corrected chi connectivity index (χ2v) is 6.32. The first-order valence-electron chi connectivity index (χ1n) is 8.21. The van der Waals surface area contributed by atoms with Crippen LogP contribution in [0.4, 0.5) is 4.79 Å². The molecular weight excluding hydrogens is 300 g/mol. The van der Waals surface area contributed by atoms with Crippen molar-refractivity contribution in [2.45, 2.75) is 25.8 Å². The molecule has 2 N–H and O–H groups in total. The Kier molecular flexibility index (Phi) is 3.53. The zero-order chi connectivity index (χ0) is 16.7. The fraction of sp³-hybridized carbons (Fsp3) is 0.250. The lowest BCUT2D eigenvalue weighted by molar-refractivity contribution is 0.240. The van der Waals surface area contributed by atoms with Gasteiger partial charge in [0.05, 0.1) is 18.8 Å². The maximum Gasteiger partial charge on any atom is 0.319 e. The van der Waals surface area contributed by atoms with Gasteiger partial charge in [0, 0.05) is 5.56 Å². The van der Waals surface area contributed by atoms with Crippen LogP contribution in [0.25, 0.3) is 5.70 Å². The van der Waals surface area contributed by atoms with Crippen LogP contribution in [0, 0.1) is 6.92 Å². The molecule has 0 saturated carbocycles. The quantitative estimate of drug-likeness (QED) is 0.886. The van der Waals surface area contributed by atoms with E-state index in [1.807, 2.05) is 25.1 Å². The first-order valence-corrected chi connectivity index (χ1v) is 8.21. The number of fused-ring (bicyclic) bond motifs is 2. The van der Waals surface area contributed by atoms with E-state index in [1.165, 1.54) is 11.1 Å². The summed E-state index contributed by atoms with van der Waals surface area (Å²) in [7, 11) is 1.67. The molecule has 4 nitrogen and oxygen atoms in total. The van der Waals surface area contributed by atoms with Gasteiger partial charge in [0.15, 0.2) is 0 Å². The molecule has 0 radical (unpaired) electrons. The van der Waals surface area contributed by atoms with Crippen molar-refractivity contribution in [1.82, 2.24) is 10.6 Å². The van der Waals surface area contributed by atoms with E-state index < -0.39 is 0 Å². The van der Waals surface area contributed by atoms with Crippen LogP contribution in [0.3, 0.4) is 0 Å². The van der Waals surface area contributed by atoms with Crippen LogP contribution in [-0.4, -0.2) is 13.1 Å². The Labute approximate surface area is 141 Å². The fourth-order valence-electron chi connectivity index (χ4n) is 3.72. The van der Waals surface area contributed by atoms with Gasteiger partial charge in [-0.3, -0.25) is 0 Å². The van der Waals surface area contributed by atoms with Crippen LogP contribution in [0.1, 0.15) is 34.7 Å². The number of aryl methyl sites for hydroxylation is 2. The summed E-state index contributed by atoms with van der Waals surface area (Å²) in [5.41, 5.74) is 6.82. The molecule has 1 atom stereocenters. The van der Waals surface area contributed by atoms with Crippen molar-refractivity contribution in [3.8, 4) is 5.75 Å². The number of nitrogens with one attached hydrogen (secondary N) is 2. The number of carbonyl (C=O) groups is 1. The molecule has 0 bridgehead atoms. The average molecular weight is 320 g/mol. The van der Waals surface area contributed by atoms with Crippen LogP contribution in [0.2, 0.25) is 0 Å². The summed E-state index contributed by atoms with van der Waals surface area (Å²) in [6.07, 6.45) is 1.94. The molecule has 2 aromatic carbocycles. The maximum atomic E-state index is 12.2. The van der Waals surface area contributed by atoms with Gasteiger partial charge in [-0.25, -0.2) is 4.79 Å². The topological polar surface area (TPSA) is 50.4 Å².